The third kappa shape index (κ3) is 3.07. The van der Waals surface area contributed by atoms with E-state index in [9.17, 15) is 18.0 Å². The molecule has 1 aliphatic heterocycles. The largest absolute Gasteiger partial charge is 0.348 e. The maximum Gasteiger partial charge on any atom is 0.257 e. The predicted octanol–water partition coefficient (Wildman–Crippen LogP) is 1.83. The van der Waals surface area contributed by atoms with Gasteiger partial charge >= 0.3 is 0 Å². The Balaban J connectivity index is 2.16. The van der Waals surface area contributed by atoms with Crippen molar-refractivity contribution in [3.63, 3.8) is 0 Å². The Labute approximate surface area is 109 Å². The van der Waals surface area contributed by atoms with Gasteiger partial charge in [0, 0.05) is 24.7 Å². The smallest absolute Gasteiger partial charge is 0.257 e. The van der Waals surface area contributed by atoms with Gasteiger partial charge in [0.25, 0.3) is 5.91 Å². The summed E-state index contributed by atoms with van der Waals surface area (Å²) in [5.74, 6) is -4.05. The number of halogens is 3. The molecule has 0 spiro atoms. The second kappa shape index (κ2) is 5.61. The van der Waals surface area contributed by atoms with Gasteiger partial charge < -0.3 is 10.6 Å². The van der Waals surface area contributed by atoms with E-state index in [0.29, 0.717) is 18.7 Å². The number of benzene rings is 1. The highest BCUT2D eigenvalue weighted by molar-refractivity contribution is 5.95. The lowest BCUT2D eigenvalue weighted by atomic mass is 9.94. The molecule has 104 valence electrons. The first kappa shape index (κ1) is 13.9. The number of nitrogens with one attached hydrogen (secondary N) is 2. The van der Waals surface area contributed by atoms with E-state index in [1.54, 1.807) is 0 Å². The number of rotatable bonds is 2. The monoisotopic (exact) mass is 272 g/mol. The minimum absolute atomic E-state index is 0.190. The van der Waals surface area contributed by atoms with Crippen LogP contribution in [0, 0.1) is 23.4 Å². The van der Waals surface area contributed by atoms with Gasteiger partial charge in [-0.2, -0.15) is 0 Å². The Bertz CT molecular complexity index is 470. The molecule has 6 heteroatoms. The summed E-state index contributed by atoms with van der Waals surface area (Å²) in [5.41, 5.74) is -0.737. The first-order chi connectivity index (χ1) is 8.99. The van der Waals surface area contributed by atoms with Gasteiger partial charge in [0.05, 0.1) is 0 Å². The van der Waals surface area contributed by atoms with Gasteiger partial charge in [-0.3, -0.25) is 4.79 Å². The SMILES string of the molecule is C[C@@H]1CCNC[C@@H]1NC(=O)c1c(F)cc(F)cc1F. The molecule has 2 atom stereocenters. The first-order valence-electron chi connectivity index (χ1n) is 6.15. The molecule has 1 heterocycles. The third-order valence-corrected chi connectivity index (χ3v) is 3.38. The Morgan fingerprint density at radius 2 is 1.95 bits per heavy atom. The zero-order chi connectivity index (χ0) is 14.0. The standard InChI is InChI=1S/C13H15F3N2O/c1-7-2-3-17-6-11(7)18-13(19)12-9(15)4-8(14)5-10(12)16/h4-5,7,11,17H,2-3,6H2,1H3,(H,18,19)/t7-,11+/m1/s1. The van der Waals surface area contributed by atoms with Gasteiger partial charge in [-0.05, 0) is 18.9 Å². The molecule has 0 saturated carbocycles. The fourth-order valence-corrected chi connectivity index (χ4v) is 2.18. The Kier molecular flexibility index (Phi) is 4.09. The highest BCUT2D eigenvalue weighted by atomic mass is 19.1. The van der Waals surface area contributed by atoms with Crippen LogP contribution >= 0.6 is 0 Å². The van der Waals surface area contributed by atoms with Crippen LogP contribution in [0.3, 0.4) is 0 Å². The van der Waals surface area contributed by atoms with E-state index in [1.807, 2.05) is 6.92 Å². The lowest BCUT2D eigenvalue weighted by Crippen LogP contribution is -2.50. The summed E-state index contributed by atoms with van der Waals surface area (Å²) in [7, 11) is 0. The zero-order valence-corrected chi connectivity index (χ0v) is 10.5. The van der Waals surface area contributed by atoms with E-state index in [0.717, 1.165) is 13.0 Å². The number of amides is 1. The lowest BCUT2D eigenvalue weighted by Gasteiger charge is -2.30. The molecule has 0 bridgehead atoms. The van der Waals surface area contributed by atoms with E-state index in [2.05, 4.69) is 10.6 Å². The summed E-state index contributed by atoms with van der Waals surface area (Å²) in [6.45, 7) is 3.37. The van der Waals surface area contributed by atoms with Crippen LogP contribution in [0.25, 0.3) is 0 Å². The van der Waals surface area contributed by atoms with Crippen molar-refractivity contribution >= 4 is 5.91 Å². The van der Waals surface area contributed by atoms with E-state index >= 15 is 0 Å². The highest BCUT2D eigenvalue weighted by Gasteiger charge is 2.26. The molecule has 1 aliphatic rings. The van der Waals surface area contributed by atoms with E-state index in [-0.39, 0.29) is 12.0 Å². The Morgan fingerprint density at radius 1 is 1.32 bits per heavy atom. The van der Waals surface area contributed by atoms with Crippen molar-refractivity contribution in [2.75, 3.05) is 13.1 Å². The van der Waals surface area contributed by atoms with Crippen molar-refractivity contribution in [2.24, 2.45) is 5.92 Å². The van der Waals surface area contributed by atoms with Crippen molar-refractivity contribution in [1.82, 2.24) is 10.6 Å². The summed E-state index contributed by atoms with van der Waals surface area (Å²) in [6.07, 6.45) is 0.874. The molecule has 0 aromatic heterocycles. The quantitative estimate of drug-likeness (QED) is 0.862. The molecule has 1 amide bonds. The van der Waals surface area contributed by atoms with Crippen LogP contribution in [0.1, 0.15) is 23.7 Å². The van der Waals surface area contributed by atoms with Crippen molar-refractivity contribution in [1.29, 1.82) is 0 Å². The normalized spacial score (nSPS) is 23.2. The highest BCUT2D eigenvalue weighted by Crippen LogP contribution is 2.17. The summed E-state index contributed by atoms with van der Waals surface area (Å²) in [4.78, 5) is 11.9. The molecule has 1 fully saturated rings. The summed E-state index contributed by atoms with van der Waals surface area (Å²) < 4.78 is 39.7. The van der Waals surface area contributed by atoms with Crippen LogP contribution < -0.4 is 10.6 Å². The first-order valence-corrected chi connectivity index (χ1v) is 6.15. The second-order valence-corrected chi connectivity index (χ2v) is 4.79. The second-order valence-electron chi connectivity index (χ2n) is 4.79. The molecule has 19 heavy (non-hydrogen) atoms. The Morgan fingerprint density at radius 3 is 2.53 bits per heavy atom. The fraction of sp³-hybridized carbons (Fsp3) is 0.462. The molecule has 1 aromatic rings. The fourth-order valence-electron chi connectivity index (χ4n) is 2.18. The minimum atomic E-state index is -1.19. The molecular formula is C13H15F3N2O. The van der Waals surface area contributed by atoms with E-state index in [4.69, 9.17) is 0 Å². The summed E-state index contributed by atoms with van der Waals surface area (Å²) in [5, 5.41) is 5.68. The maximum absolute atomic E-state index is 13.5. The van der Waals surface area contributed by atoms with E-state index in [1.165, 1.54) is 0 Å². The molecule has 2 N–H and O–H groups in total. The molecule has 0 unspecified atom stereocenters. The van der Waals surface area contributed by atoms with Crippen LogP contribution in [-0.4, -0.2) is 25.0 Å². The number of hydrogen-bond donors (Lipinski definition) is 2. The molecule has 3 nitrogen and oxygen atoms in total. The topological polar surface area (TPSA) is 41.1 Å². The van der Waals surface area contributed by atoms with Crippen molar-refractivity contribution in [3.05, 3.63) is 35.1 Å². The van der Waals surface area contributed by atoms with Crippen molar-refractivity contribution in [3.8, 4) is 0 Å². The molecule has 1 aromatic carbocycles. The number of piperidine rings is 1. The molecule has 0 radical (unpaired) electrons. The molecule has 0 aliphatic carbocycles. The van der Waals surface area contributed by atoms with Crippen LogP contribution in [0.5, 0.6) is 0 Å². The summed E-state index contributed by atoms with van der Waals surface area (Å²) >= 11 is 0. The van der Waals surface area contributed by atoms with Crippen molar-refractivity contribution < 1.29 is 18.0 Å². The van der Waals surface area contributed by atoms with E-state index < -0.39 is 28.9 Å². The van der Waals surface area contributed by atoms with Gasteiger partial charge in [0.1, 0.15) is 23.0 Å². The Hall–Kier alpha value is -1.56. The molecule has 2 rings (SSSR count). The van der Waals surface area contributed by atoms with Gasteiger partial charge in [0.2, 0.25) is 0 Å². The van der Waals surface area contributed by atoms with Gasteiger partial charge in [-0.25, -0.2) is 13.2 Å². The van der Waals surface area contributed by atoms with Crippen LogP contribution in [-0.2, 0) is 0 Å². The third-order valence-electron chi connectivity index (χ3n) is 3.38. The number of carbonyl (C=O) groups is 1. The number of hydrogen-bond acceptors (Lipinski definition) is 2. The maximum atomic E-state index is 13.5. The zero-order valence-electron chi connectivity index (χ0n) is 10.5. The molecular weight excluding hydrogens is 257 g/mol. The van der Waals surface area contributed by atoms with Gasteiger partial charge in [0.15, 0.2) is 0 Å². The predicted molar refractivity (Wildman–Crippen MR) is 64.2 cm³/mol. The van der Waals surface area contributed by atoms with Crippen LogP contribution in [0.15, 0.2) is 12.1 Å². The average Bonchev–Trinajstić information content (AvgIpc) is 2.30. The number of carbonyl (C=O) groups excluding carboxylic acids is 1. The lowest BCUT2D eigenvalue weighted by molar-refractivity contribution is 0.0906. The summed E-state index contributed by atoms with van der Waals surface area (Å²) in [6, 6.07) is 0.811. The average molecular weight is 272 g/mol. The van der Waals surface area contributed by atoms with Crippen molar-refractivity contribution in [2.45, 2.75) is 19.4 Å². The van der Waals surface area contributed by atoms with Gasteiger partial charge in [-0.15, -0.1) is 0 Å². The van der Waals surface area contributed by atoms with Gasteiger partial charge in [-0.1, -0.05) is 6.92 Å². The van der Waals surface area contributed by atoms with Crippen LogP contribution in [0.4, 0.5) is 13.2 Å². The molecule has 1 saturated heterocycles. The van der Waals surface area contributed by atoms with Crippen LogP contribution in [0.2, 0.25) is 0 Å². The minimum Gasteiger partial charge on any atom is -0.348 e.